The summed E-state index contributed by atoms with van der Waals surface area (Å²) in [4.78, 5) is 4.27. The van der Waals surface area contributed by atoms with Crippen LogP contribution in [0, 0.1) is 5.53 Å². The molecule has 0 saturated heterocycles. The summed E-state index contributed by atoms with van der Waals surface area (Å²) >= 11 is 0. The molecule has 0 heterocycles. The Morgan fingerprint density at radius 1 is 1.83 bits per heavy atom. The zero-order valence-electron chi connectivity index (χ0n) is 3.77. The molecule has 6 heavy (non-hydrogen) atoms. The van der Waals surface area contributed by atoms with Crippen molar-refractivity contribution in [1.29, 1.82) is 5.53 Å². The summed E-state index contributed by atoms with van der Waals surface area (Å²) in [6, 6.07) is 0. The molecule has 0 atom stereocenters. The maximum atomic E-state index is 6.11. The summed E-state index contributed by atoms with van der Waals surface area (Å²) in [5, 5.41) is 2.68. The van der Waals surface area contributed by atoms with Crippen LogP contribution in [-0.4, -0.2) is 6.61 Å². The molecule has 0 aromatic rings. The van der Waals surface area contributed by atoms with E-state index >= 15 is 0 Å². The highest BCUT2D eigenvalue weighted by Gasteiger charge is 1.71. The van der Waals surface area contributed by atoms with Gasteiger partial charge in [-0.25, -0.2) is 0 Å². The van der Waals surface area contributed by atoms with E-state index in [0.29, 0.717) is 6.61 Å². The summed E-state index contributed by atoms with van der Waals surface area (Å²) in [7, 11) is 0. The molecular formula is C3H8N2O. The van der Waals surface area contributed by atoms with Crippen LogP contribution in [0.4, 0.5) is 0 Å². The normalized spacial score (nSPS) is 7.50. The second kappa shape index (κ2) is 4.40. The lowest BCUT2D eigenvalue weighted by molar-refractivity contribution is 0.117. The van der Waals surface area contributed by atoms with Gasteiger partial charge in [-0.3, -0.25) is 0 Å². The molecule has 3 heteroatoms. The molecule has 0 aliphatic carbocycles. The van der Waals surface area contributed by atoms with Crippen LogP contribution in [0.1, 0.15) is 13.3 Å². The molecule has 0 aromatic heterocycles. The van der Waals surface area contributed by atoms with Gasteiger partial charge < -0.3 is 4.84 Å². The standard InChI is InChI=1S/C3H8N2O/c1-2-3-6-5-4/h4H,2-3H2,1H3. The molecule has 36 valence electrons. The molecule has 1 N–H and O–H groups in total. The largest absolute Gasteiger partial charge is 0.380 e. The Bertz CT molecular complexity index is 37.8. The highest BCUT2D eigenvalue weighted by molar-refractivity contribution is 4.14. The Kier molecular flexibility index (Phi) is 3.96. The van der Waals surface area contributed by atoms with Crippen LogP contribution in [0.25, 0.3) is 0 Å². The van der Waals surface area contributed by atoms with Crippen molar-refractivity contribution in [3.05, 3.63) is 0 Å². The number of hydrogen-bond donors (Lipinski definition) is 1. The Labute approximate surface area is 36.8 Å². The molecule has 0 saturated carbocycles. The van der Waals surface area contributed by atoms with E-state index in [1.54, 1.807) is 0 Å². The van der Waals surface area contributed by atoms with E-state index in [1.807, 2.05) is 6.92 Å². The zero-order valence-corrected chi connectivity index (χ0v) is 3.77. The monoisotopic (exact) mass is 88.1 g/mol. The van der Waals surface area contributed by atoms with E-state index in [9.17, 15) is 0 Å². The Hall–Kier alpha value is -0.600. The number of rotatable bonds is 3. The van der Waals surface area contributed by atoms with Crippen LogP contribution in [0.2, 0.25) is 0 Å². The predicted molar refractivity (Wildman–Crippen MR) is 21.4 cm³/mol. The molecule has 0 spiro atoms. The fourth-order valence-electron chi connectivity index (χ4n) is 0.137. The highest BCUT2D eigenvalue weighted by Crippen LogP contribution is 1.76. The van der Waals surface area contributed by atoms with Gasteiger partial charge in [-0.2, -0.15) is 5.53 Å². The van der Waals surface area contributed by atoms with E-state index in [4.69, 9.17) is 5.53 Å². The van der Waals surface area contributed by atoms with Crippen LogP contribution in [0.5, 0.6) is 0 Å². The Morgan fingerprint density at radius 2 is 2.50 bits per heavy atom. The molecule has 0 aliphatic heterocycles. The molecule has 0 unspecified atom stereocenters. The van der Waals surface area contributed by atoms with Crippen LogP contribution >= 0.6 is 0 Å². The lowest BCUT2D eigenvalue weighted by Crippen LogP contribution is -1.79. The fraction of sp³-hybridized carbons (Fsp3) is 1.00. The molecule has 0 amide bonds. The molecule has 0 aliphatic rings. The summed E-state index contributed by atoms with van der Waals surface area (Å²) < 4.78 is 0. The average Bonchev–Trinajstić information content (AvgIpc) is 1.61. The Balaban J connectivity index is 2.49. The number of nitrogens with one attached hydrogen (secondary N) is 1. The maximum absolute atomic E-state index is 6.11. The van der Waals surface area contributed by atoms with Crippen LogP contribution < -0.4 is 0 Å². The first-order valence-electron chi connectivity index (χ1n) is 1.90. The van der Waals surface area contributed by atoms with Crippen molar-refractivity contribution in [2.24, 2.45) is 5.28 Å². The van der Waals surface area contributed by atoms with Crippen molar-refractivity contribution in [2.75, 3.05) is 6.61 Å². The van der Waals surface area contributed by atoms with Gasteiger partial charge in [0, 0.05) is 5.28 Å². The third kappa shape index (κ3) is 3.40. The van der Waals surface area contributed by atoms with Crippen molar-refractivity contribution in [3.8, 4) is 0 Å². The van der Waals surface area contributed by atoms with Gasteiger partial charge in [0.1, 0.15) is 6.61 Å². The fourth-order valence-corrected chi connectivity index (χ4v) is 0.137. The first-order chi connectivity index (χ1) is 2.91. The second-order valence-electron chi connectivity index (χ2n) is 0.925. The second-order valence-corrected chi connectivity index (χ2v) is 0.925. The Morgan fingerprint density at radius 3 is 2.67 bits per heavy atom. The summed E-state index contributed by atoms with van der Waals surface area (Å²) in [6.07, 6.45) is 0.919. The van der Waals surface area contributed by atoms with Gasteiger partial charge in [0.05, 0.1) is 0 Å². The van der Waals surface area contributed by atoms with E-state index in [-0.39, 0.29) is 0 Å². The van der Waals surface area contributed by atoms with Gasteiger partial charge in [-0.15, -0.1) is 0 Å². The molecule has 0 rings (SSSR count). The molecule has 0 aromatic carbocycles. The van der Waals surface area contributed by atoms with Gasteiger partial charge in [-0.1, -0.05) is 6.92 Å². The van der Waals surface area contributed by atoms with Crippen molar-refractivity contribution >= 4 is 0 Å². The van der Waals surface area contributed by atoms with Crippen LogP contribution in [0.15, 0.2) is 5.28 Å². The minimum Gasteiger partial charge on any atom is -0.380 e. The SMILES string of the molecule is CCCON=N. The number of hydrogen-bond acceptors (Lipinski definition) is 3. The van der Waals surface area contributed by atoms with Gasteiger partial charge in [0.2, 0.25) is 0 Å². The van der Waals surface area contributed by atoms with Crippen molar-refractivity contribution < 1.29 is 4.84 Å². The zero-order chi connectivity index (χ0) is 4.83. The highest BCUT2D eigenvalue weighted by atomic mass is 16.6. The maximum Gasteiger partial charge on any atom is 0.118 e. The van der Waals surface area contributed by atoms with Gasteiger partial charge in [0.25, 0.3) is 0 Å². The van der Waals surface area contributed by atoms with Gasteiger partial charge in [0.15, 0.2) is 0 Å². The minimum atomic E-state index is 0.559. The quantitative estimate of drug-likeness (QED) is 0.316. The molecule has 0 fully saturated rings. The van der Waals surface area contributed by atoms with E-state index in [1.165, 1.54) is 0 Å². The molecular weight excluding hydrogens is 80.0 g/mol. The lowest BCUT2D eigenvalue weighted by Gasteiger charge is -1.85. The molecule has 0 bridgehead atoms. The third-order valence-electron chi connectivity index (χ3n) is 0.360. The van der Waals surface area contributed by atoms with Crippen LogP contribution in [-0.2, 0) is 4.84 Å². The first-order valence-corrected chi connectivity index (χ1v) is 1.90. The van der Waals surface area contributed by atoms with Crippen LogP contribution in [0.3, 0.4) is 0 Å². The topological polar surface area (TPSA) is 45.4 Å². The smallest absolute Gasteiger partial charge is 0.118 e. The minimum absolute atomic E-state index is 0.559. The van der Waals surface area contributed by atoms with Crippen molar-refractivity contribution in [1.82, 2.24) is 0 Å². The average molecular weight is 88.1 g/mol. The van der Waals surface area contributed by atoms with E-state index < -0.39 is 0 Å². The third-order valence-corrected chi connectivity index (χ3v) is 0.360. The van der Waals surface area contributed by atoms with Crippen molar-refractivity contribution in [2.45, 2.75) is 13.3 Å². The summed E-state index contributed by atoms with van der Waals surface area (Å²) in [5.41, 5.74) is 6.11. The first kappa shape index (κ1) is 5.40. The number of nitrogens with zero attached hydrogens (tertiary/aromatic N) is 1. The van der Waals surface area contributed by atoms with Gasteiger partial charge >= 0.3 is 0 Å². The molecule has 0 radical (unpaired) electrons. The van der Waals surface area contributed by atoms with E-state index in [2.05, 4.69) is 10.1 Å². The lowest BCUT2D eigenvalue weighted by atomic mass is 10.5. The summed E-state index contributed by atoms with van der Waals surface area (Å²) in [5.74, 6) is 0. The predicted octanol–water partition coefficient (Wildman–Crippen LogP) is 1.36. The van der Waals surface area contributed by atoms with Gasteiger partial charge in [-0.05, 0) is 6.42 Å². The molecule has 3 nitrogen and oxygen atoms in total. The van der Waals surface area contributed by atoms with E-state index in [0.717, 1.165) is 6.42 Å². The summed E-state index contributed by atoms with van der Waals surface area (Å²) in [6.45, 7) is 2.52. The van der Waals surface area contributed by atoms with Crippen molar-refractivity contribution in [3.63, 3.8) is 0 Å².